The van der Waals surface area contributed by atoms with Gasteiger partial charge in [0.25, 0.3) is 0 Å². The smallest absolute Gasteiger partial charge is 0.221 e. The molecule has 2 heterocycles. The van der Waals surface area contributed by atoms with Crippen LogP contribution < -0.4 is 14.8 Å². The summed E-state index contributed by atoms with van der Waals surface area (Å²) in [7, 11) is 1.63. The number of hydrogen-bond donors (Lipinski definition) is 1. The third-order valence-corrected chi connectivity index (χ3v) is 3.80. The second-order valence-electron chi connectivity index (χ2n) is 5.22. The van der Waals surface area contributed by atoms with Crippen molar-refractivity contribution in [3.8, 4) is 11.6 Å². The Morgan fingerprint density at radius 2 is 2.10 bits per heavy atom. The quantitative estimate of drug-likeness (QED) is 0.930. The van der Waals surface area contributed by atoms with Gasteiger partial charge in [-0.3, -0.25) is 4.79 Å². The van der Waals surface area contributed by atoms with Crippen molar-refractivity contribution in [2.24, 2.45) is 0 Å². The molecule has 1 N–H and O–H groups in total. The van der Waals surface area contributed by atoms with Crippen molar-refractivity contribution >= 4 is 16.6 Å². The van der Waals surface area contributed by atoms with Crippen LogP contribution >= 0.6 is 0 Å². The van der Waals surface area contributed by atoms with E-state index in [1.807, 2.05) is 24.3 Å². The van der Waals surface area contributed by atoms with Gasteiger partial charge in [-0.1, -0.05) is 18.2 Å². The van der Waals surface area contributed by atoms with Gasteiger partial charge in [0.15, 0.2) is 0 Å². The highest BCUT2D eigenvalue weighted by atomic mass is 16.5. The first-order valence-corrected chi connectivity index (χ1v) is 7.01. The highest BCUT2D eigenvalue weighted by Crippen LogP contribution is 2.31. The molecule has 5 heteroatoms. The zero-order valence-electron chi connectivity index (χ0n) is 12.1. The molecule has 110 valence electrons. The molecule has 1 aliphatic heterocycles. The van der Waals surface area contributed by atoms with Crippen molar-refractivity contribution in [2.75, 3.05) is 13.7 Å². The Kier molecular flexibility index (Phi) is 3.75. The standard InChI is InChI=1S/C16H18N2O3/c1-10(19)14-7-11(8-17-14)21-16-13-6-4-3-5-12(13)15(20-2)9-18-16/h3-6,9,11,14,17H,7-8H2,1-2H3/t11-,14+/m1/s1. The summed E-state index contributed by atoms with van der Waals surface area (Å²) in [4.78, 5) is 15.7. The number of carbonyl (C=O) groups excluding carboxylic acids is 1. The Bertz CT molecular complexity index is 672. The molecule has 21 heavy (non-hydrogen) atoms. The van der Waals surface area contributed by atoms with Gasteiger partial charge in [-0.25, -0.2) is 4.98 Å². The van der Waals surface area contributed by atoms with Gasteiger partial charge in [0, 0.05) is 23.7 Å². The van der Waals surface area contributed by atoms with E-state index in [9.17, 15) is 4.79 Å². The predicted molar refractivity (Wildman–Crippen MR) is 79.8 cm³/mol. The zero-order chi connectivity index (χ0) is 14.8. The van der Waals surface area contributed by atoms with Crippen LogP contribution in [0.2, 0.25) is 0 Å². The molecular formula is C16H18N2O3. The normalized spacial score (nSPS) is 21.4. The van der Waals surface area contributed by atoms with Crippen molar-refractivity contribution in [3.05, 3.63) is 30.5 Å². The molecule has 0 bridgehead atoms. The first kappa shape index (κ1) is 13.8. The maximum absolute atomic E-state index is 11.4. The molecular weight excluding hydrogens is 268 g/mol. The average Bonchev–Trinajstić information content (AvgIpc) is 2.96. The van der Waals surface area contributed by atoms with Gasteiger partial charge in [0.1, 0.15) is 17.6 Å². The molecule has 5 nitrogen and oxygen atoms in total. The first-order chi connectivity index (χ1) is 10.2. The van der Waals surface area contributed by atoms with E-state index >= 15 is 0 Å². The minimum atomic E-state index is -0.112. The summed E-state index contributed by atoms with van der Waals surface area (Å²) in [6.45, 7) is 2.26. The van der Waals surface area contributed by atoms with Crippen LogP contribution in [-0.2, 0) is 4.79 Å². The highest BCUT2D eigenvalue weighted by molar-refractivity contribution is 5.91. The predicted octanol–water partition coefficient (Wildman–Crippen LogP) is 1.94. The molecule has 1 saturated heterocycles. The van der Waals surface area contributed by atoms with E-state index in [0.29, 0.717) is 18.8 Å². The summed E-state index contributed by atoms with van der Waals surface area (Å²) in [6.07, 6.45) is 2.31. The lowest BCUT2D eigenvalue weighted by Gasteiger charge is -2.15. The van der Waals surface area contributed by atoms with Gasteiger partial charge in [-0.15, -0.1) is 0 Å². The average molecular weight is 286 g/mol. The number of benzene rings is 1. The van der Waals surface area contributed by atoms with E-state index in [0.717, 1.165) is 16.5 Å². The number of pyridine rings is 1. The molecule has 3 rings (SSSR count). The fourth-order valence-electron chi connectivity index (χ4n) is 2.66. The number of ketones is 1. The van der Waals surface area contributed by atoms with Crippen LogP contribution in [0.5, 0.6) is 11.6 Å². The molecule has 2 atom stereocenters. The molecule has 2 aromatic rings. The fraction of sp³-hybridized carbons (Fsp3) is 0.375. The zero-order valence-corrected chi connectivity index (χ0v) is 12.1. The summed E-state index contributed by atoms with van der Waals surface area (Å²) in [5.74, 6) is 1.46. The van der Waals surface area contributed by atoms with Crippen LogP contribution in [-0.4, -0.2) is 36.6 Å². The maximum atomic E-state index is 11.4. The highest BCUT2D eigenvalue weighted by Gasteiger charge is 2.29. The Balaban J connectivity index is 1.87. The largest absolute Gasteiger partial charge is 0.494 e. The van der Waals surface area contributed by atoms with Crippen molar-refractivity contribution in [1.29, 1.82) is 0 Å². The van der Waals surface area contributed by atoms with Crippen LogP contribution in [0.4, 0.5) is 0 Å². The van der Waals surface area contributed by atoms with Crippen LogP contribution in [0.15, 0.2) is 30.5 Å². The van der Waals surface area contributed by atoms with Crippen LogP contribution in [0.1, 0.15) is 13.3 Å². The number of hydrogen-bond acceptors (Lipinski definition) is 5. The molecule has 1 aromatic heterocycles. The first-order valence-electron chi connectivity index (χ1n) is 7.01. The Morgan fingerprint density at radius 3 is 2.76 bits per heavy atom. The maximum Gasteiger partial charge on any atom is 0.221 e. The third-order valence-electron chi connectivity index (χ3n) is 3.80. The molecule has 1 fully saturated rings. The van der Waals surface area contributed by atoms with Crippen molar-refractivity contribution < 1.29 is 14.3 Å². The third kappa shape index (κ3) is 2.69. The molecule has 0 aliphatic carbocycles. The topological polar surface area (TPSA) is 60.5 Å². The van der Waals surface area contributed by atoms with Crippen molar-refractivity contribution in [3.63, 3.8) is 0 Å². The van der Waals surface area contributed by atoms with Crippen molar-refractivity contribution in [1.82, 2.24) is 10.3 Å². The number of Topliss-reactive ketones (excluding diaryl/α,β-unsaturated/α-hetero) is 1. The van der Waals surface area contributed by atoms with Crippen molar-refractivity contribution in [2.45, 2.75) is 25.5 Å². The summed E-state index contributed by atoms with van der Waals surface area (Å²) >= 11 is 0. The SMILES string of the molecule is COc1cnc(O[C@H]2CN[C@H](C(C)=O)C2)c2ccccc12. The number of nitrogens with zero attached hydrogens (tertiary/aromatic N) is 1. The molecule has 0 saturated carbocycles. The van der Waals surface area contributed by atoms with Crippen LogP contribution in [0.3, 0.4) is 0 Å². The summed E-state index contributed by atoms with van der Waals surface area (Å²) in [5.41, 5.74) is 0. The number of methoxy groups -OCH3 is 1. The fourth-order valence-corrected chi connectivity index (χ4v) is 2.66. The van der Waals surface area contributed by atoms with Crippen LogP contribution in [0.25, 0.3) is 10.8 Å². The number of ether oxygens (including phenoxy) is 2. The van der Waals surface area contributed by atoms with Gasteiger partial charge in [0.2, 0.25) is 5.88 Å². The number of nitrogens with one attached hydrogen (secondary N) is 1. The number of rotatable bonds is 4. The number of aromatic nitrogens is 1. The molecule has 0 spiro atoms. The van der Waals surface area contributed by atoms with Gasteiger partial charge in [-0.05, 0) is 13.0 Å². The monoisotopic (exact) mass is 286 g/mol. The van der Waals surface area contributed by atoms with Crippen LogP contribution in [0, 0.1) is 0 Å². The number of carbonyl (C=O) groups is 1. The second-order valence-corrected chi connectivity index (χ2v) is 5.22. The lowest BCUT2D eigenvalue weighted by Crippen LogP contribution is -2.28. The molecule has 1 aliphatic rings. The summed E-state index contributed by atoms with van der Waals surface area (Å²) in [6, 6.07) is 7.73. The lowest BCUT2D eigenvalue weighted by molar-refractivity contribution is -0.118. The second kappa shape index (κ2) is 5.69. The van der Waals surface area contributed by atoms with Gasteiger partial charge >= 0.3 is 0 Å². The summed E-state index contributed by atoms with van der Waals surface area (Å²) in [5, 5.41) is 5.06. The van der Waals surface area contributed by atoms with Gasteiger partial charge in [0.05, 0.1) is 19.3 Å². The molecule has 0 radical (unpaired) electrons. The van der Waals surface area contributed by atoms with E-state index in [1.165, 1.54) is 0 Å². The minimum Gasteiger partial charge on any atom is -0.494 e. The Morgan fingerprint density at radius 1 is 1.33 bits per heavy atom. The molecule has 0 unspecified atom stereocenters. The van der Waals surface area contributed by atoms with Gasteiger partial charge in [-0.2, -0.15) is 0 Å². The Labute approximate surface area is 123 Å². The summed E-state index contributed by atoms with van der Waals surface area (Å²) < 4.78 is 11.3. The molecule has 0 amide bonds. The van der Waals surface area contributed by atoms with E-state index in [2.05, 4.69) is 10.3 Å². The van der Waals surface area contributed by atoms with Gasteiger partial charge < -0.3 is 14.8 Å². The van der Waals surface area contributed by atoms with E-state index in [4.69, 9.17) is 9.47 Å². The van der Waals surface area contributed by atoms with E-state index in [-0.39, 0.29) is 17.9 Å². The van der Waals surface area contributed by atoms with E-state index in [1.54, 1.807) is 20.2 Å². The lowest BCUT2D eigenvalue weighted by atomic mass is 10.1. The Hall–Kier alpha value is -2.14. The minimum absolute atomic E-state index is 0.0387. The number of fused-ring (bicyclic) bond motifs is 1. The molecule has 1 aromatic carbocycles. The van der Waals surface area contributed by atoms with E-state index < -0.39 is 0 Å².